The second-order valence-corrected chi connectivity index (χ2v) is 5.78. The summed E-state index contributed by atoms with van der Waals surface area (Å²) in [5.74, 6) is -2.38. The lowest BCUT2D eigenvalue weighted by atomic mass is 10.2. The first-order valence-corrected chi connectivity index (χ1v) is 7.77. The topological polar surface area (TPSA) is 94.0 Å². The van der Waals surface area contributed by atoms with Crippen LogP contribution in [-0.2, 0) is 5.75 Å². The van der Waals surface area contributed by atoms with E-state index in [1.807, 2.05) is 0 Å². The first-order chi connectivity index (χ1) is 10.9. The van der Waals surface area contributed by atoms with Gasteiger partial charge in [-0.3, -0.25) is 4.79 Å². The van der Waals surface area contributed by atoms with Crippen LogP contribution in [0.15, 0.2) is 33.7 Å². The second-order valence-electron chi connectivity index (χ2n) is 4.76. The third kappa shape index (κ3) is 5.73. The second kappa shape index (κ2) is 8.95. The van der Waals surface area contributed by atoms with Crippen LogP contribution >= 0.6 is 24.2 Å². The van der Waals surface area contributed by atoms with E-state index < -0.39 is 24.9 Å². The summed E-state index contributed by atoms with van der Waals surface area (Å²) in [6.45, 7) is 0.0844. The third-order valence-electron chi connectivity index (χ3n) is 2.86. The van der Waals surface area contributed by atoms with Gasteiger partial charge in [0.15, 0.2) is 5.82 Å². The van der Waals surface area contributed by atoms with E-state index in [0.29, 0.717) is 27.9 Å². The molecule has 0 bridgehead atoms. The Labute approximate surface area is 148 Å². The van der Waals surface area contributed by atoms with Gasteiger partial charge in [-0.15, -0.1) is 24.2 Å². The summed E-state index contributed by atoms with van der Waals surface area (Å²) < 4.78 is 31.3. The lowest BCUT2D eigenvalue weighted by molar-refractivity contribution is 0.0118. The molecule has 0 aliphatic rings. The van der Waals surface area contributed by atoms with Crippen molar-refractivity contribution in [3.63, 3.8) is 0 Å². The monoisotopic (exact) mass is 378 g/mol. The molecule has 1 amide bonds. The Balaban J connectivity index is 0.00000288. The van der Waals surface area contributed by atoms with E-state index in [1.54, 1.807) is 31.2 Å². The first kappa shape index (κ1) is 20.3. The molecule has 3 N–H and O–H groups in total. The molecule has 1 aromatic heterocycles. The SMILES string of the molecule is Cc1noc(CSc2ccccc2C(=O)NCC(F)(F)CN)n1.Cl. The number of aryl methyl sites for hydroxylation is 1. The number of nitrogens with zero attached hydrogens (tertiary/aromatic N) is 2. The van der Waals surface area contributed by atoms with Crippen molar-refractivity contribution in [1.29, 1.82) is 0 Å². The van der Waals surface area contributed by atoms with Gasteiger partial charge in [-0.2, -0.15) is 4.98 Å². The minimum atomic E-state index is -3.13. The number of amides is 1. The summed E-state index contributed by atoms with van der Waals surface area (Å²) in [5, 5.41) is 5.88. The molecule has 0 spiro atoms. The van der Waals surface area contributed by atoms with Crippen LogP contribution < -0.4 is 11.1 Å². The van der Waals surface area contributed by atoms with Crippen LogP contribution in [0.25, 0.3) is 0 Å². The normalized spacial score (nSPS) is 11.0. The molecule has 0 fully saturated rings. The van der Waals surface area contributed by atoms with Crippen molar-refractivity contribution < 1.29 is 18.1 Å². The average molecular weight is 379 g/mol. The van der Waals surface area contributed by atoms with E-state index in [2.05, 4.69) is 15.5 Å². The van der Waals surface area contributed by atoms with Gasteiger partial charge in [0.2, 0.25) is 5.89 Å². The maximum absolute atomic E-state index is 13.1. The number of halogens is 3. The molecule has 0 aliphatic heterocycles. The van der Waals surface area contributed by atoms with Gasteiger partial charge in [0, 0.05) is 4.90 Å². The lowest BCUT2D eigenvalue weighted by Gasteiger charge is -2.15. The number of carbonyl (C=O) groups excluding carboxylic acids is 1. The largest absolute Gasteiger partial charge is 0.346 e. The molecule has 1 aromatic carbocycles. The van der Waals surface area contributed by atoms with Crippen LogP contribution in [0, 0.1) is 6.92 Å². The number of hydrogen-bond acceptors (Lipinski definition) is 6. The number of benzene rings is 1. The Morgan fingerprint density at radius 1 is 1.42 bits per heavy atom. The van der Waals surface area contributed by atoms with E-state index in [1.165, 1.54) is 11.8 Å². The molecule has 0 aliphatic carbocycles. The molecule has 0 atom stereocenters. The van der Waals surface area contributed by atoms with Crippen molar-refractivity contribution in [2.75, 3.05) is 13.1 Å². The molecule has 0 radical (unpaired) electrons. The zero-order chi connectivity index (χ0) is 16.9. The van der Waals surface area contributed by atoms with Gasteiger partial charge in [-0.25, -0.2) is 8.78 Å². The lowest BCUT2D eigenvalue weighted by Crippen LogP contribution is -2.41. The van der Waals surface area contributed by atoms with Crippen LogP contribution in [0.2, 0.25) is 0 Å². The average Bonchev–Trinajstić information content (AvgIpc) is 2.96. The number of nitrogens with one attached hydrogen (secondary N) is 1. The van der Waals surface area contributed by atoms with E-state index in [9.17, 15) is 13.6 Å². The highest BCUT2D eigenvalue weighted by molar-refractivity contribution is 7.98. The standard InChI is InChI=1S/C14H16F2N4O2S.ClH/c1-9-19-12(22-20-9)6-23-11-5-3-2-4-10(11)13(21)18-8-14(15,16)7-17;/h2-5H,6-8,17H2,1H3,(H,18,21);1H. The molecular weight excluding hydrogens is 362 g/mol. The van der Waals surface area contributed by atoms with E-state index in [0.717, 1.165) is 0 Å². The van der Waals surface area contributed by atoms with Gasteiger partial charge in [-0.05, 0) is 19.1 Å². The van der Waals surface area contributed by atoms with Crippen LogP contribution in [0.3, 0.4) is 0 Å². The Kier molecular flexibility index (Phi) is 7.59. The summed E-state index contributed by atoms with van der Waals surface area (Å²) in [6, 6.07) is 6.71. The molecule has 6 nitrogen and oxygen atoms in total. The van der Waals surface area contributed by atoms with Crippen molar-refractivity contribution in [3.05, 3.63) is 41.5 Å². The van der Waals surface area contributed by atoms with Crippen molar-refractivity contribution in [2.45, 2.75) is 23.5 Å². The van der Waals surface area contributed by atoms with Crippen molar-refractivity contribution >= 4 is 30.1 Å². The molecule has 0 unspecified atom stereocenters. The van der Waals surface area contributed by atoms with Crippen molar-refractivity contribution in [1.82, 2.24) is 15.5 Å². The molecule has 10 heteroatoms. The Morgan fingerprint density at radius 2 is 2.12 bits per heavy atom. The molecule has 24 heavy (non-hydrogen) atoms. The number of aromatic nitrogens is 2. The molecular formula is C14H17ClF2N4O2S. The predicted octanol–water partition coefficient (Wildman–Crippen LogP) is 2.42. The fraction of sp³-hybridized carbons (Fsp3) is 0.357. The predicted molar refractivity (Wildman–Crippen MR) is 88.6 cm³/mol. The summed E-state index contributed by atoms with van der Waals surface area (Å²) in [4.78, 5) is 16.8. The number of alkyl halides is 2. The minimum Gasteiger partial charge on any atom is -0.346 e. The Hall–Kier alpha value is -1.71. The van der Waals surface area contributed by atoms with Crippen LogP contribution in [0.5, 0.6) is 0 Å². The first-order valence-electron chi connectivity index (χ1n) is 6.78. The number of nitrogens with two attached hydrogens (primary N) is 1. The number of carbonyl (C=O) groups is 1. The Morgan fingerprint density at radius 3 is 2.75 bits per heavy atom. The number of thioether (sulfide) groups is 1. The van der Waals surface area contributed by atoms with Gasteiger partial charge >= 0.3 is 0 Å². The van der Waals surface area contributed by atoms with E-state index in [-0.39, 0.29) is 12.4 Å². The van der Waals surface area contributed by atoms with Gasteiger partial charge in [-0.1, -0.05) is 17.3 Å². The van der Waals surface area contributed by atoms with Crippen molar-refractivity contribution in [3.8, 4) is 0 Å². The van der Waals surface area contributed by atoms with Gasteiger partial charge in [0.25, 0.3) is 11.8 Å². The van der Waals surface area contributed by atoms with Gasteiger partial charge in [0.05, 0.1) is 24.4 Å². The van der Waals surface area contributed by atoms with E-state index >= 15 is 0 Å². The molecule has 2 rings (SSSR count). The summed E-state index contributed by atoms with van der Waals surface area (Å²) in [6.07, 6.45) is 0. The van der Waals surface area contributed by atoms with Crippen molar-refractivity contribution in [2.24, 2.45) is 5.73 Å². The quantitative estimate of drug-likeness (QED) is 0.718. The number of rotatable bonds is 7. The zero-order valence-corrected chi connectivity index (χ0v) is 14.4. The third-order valence-corrected chi connectivity index (χ3v) is 3.92. The fourth-order valence-electron chi connectivity index (χ4n) is 1.70. The molecule has 0 saturated heterocycles. The van der Waals surface area contributed by atoms with Crippen LogP contribution in [0.4, 0.5) is 8.78 Å². The summed E-state index contributed by atoms with van der Waals surface area (Å²) in [5.41, 5.74) is 5.25. The van der Waals surface area contributed by atoms with Crippen LogP contribution in [0.1, 0.15) is 22.1 Å². The van der Waals surface area contributed by atoms with Crippen LogP contribution in [-0.4, -0.2) is 35.1 Å². The number of hydrogen-bond donors (Lipinski definition) is 2. The zero-order valence-electron chi connectivity index (χ0n) is 12.8. The maximum Gasteiger partial charge on any atom is 0.277 e. The Bertz CT molecular complexity index is 684. The van der Waals surface area contributed by atoms with Gasteiger partial charge < -0.3 is 15.6 Å². The summed E-state index contributed by atoms with van der Waals surface area (Å²) in [7, 11) is 0. The molecule has 0 saturated carbocycles. The van der Waals surface area contributed by atoms with Gasteiger partial charge in [0.1, 0.15) is 0 Å². The highest BCUT2D eigenvalue weighted by atomic mass is 35.5. The van der Waals surface area contributed by atoms with E-state index in [4.69, 9.17) is 10.3 Å². The fourth-order valence-corrected chi connectivity index (χ4v) is 2.58. The molecule has 132 valence electrons. The molecule has 1 heterocycles. The maximum atomic E-state index is 13.1. The highest BCUT2D eigenvalue weighted by Gasteiger charge is 2.27. The molecule has 2 aromatic rings. The summed E-state index contributed by atoms with van der Waals surface area (Å²) >= 11 is 1.31. The minimum absolute atomic E-state index is 0. The highest BCUT2D eigenvalue weighted by Crippen LogP contribution is 2.26. The smallest absolute Gasteiger partial charge is 0.277 e.